The molecule has 7 heteroatoms. The minimum Gasteiger partial charge on any atom is -0.378 e. The predicted octanol–water partition coefficient (Wildman–Crippen LogP) is 2.29. The maximum Gasteiger partial charge on any atom is 0.416 e. The molecule has 0 spiro atoms. The van der Waals surface area contributed by atoms with E-state index in [2.05, 4.69) is 5.32 Å². The van der Waals surface area contributed by atoms with E-state index in [4.69, 9.17) is 4.74 Å². The normalized spacial score (nSPS) is 15.9. The summed E-state index contributed by atoms with van der Waals surface area (Å²) < 4.78 is 44.2. The van der Waals surface area contributed by atoms with Crippen molar-refractivity contribution in [2.45, 2.75) is 13.1 Å². The Labute approximate surface area is 120 Å². The fraction of sp³-hybridized carbons (Fsp3) is 0.500. The third kappa shape index (κ3) is 3.87. The van der Waals surface area contributed by atoms with Crippen LogP contribution in [-0.2, 0) is 10.9 Å². The summed E-state index contributed by atoms with van der Waals surface area (Å²) in [7, 11) is 0. The van der Waals surface area contributed by atoms with Gasteiger partial charge in [-0.3, -0.25) is 4.79 Å². The van der Waals surface area contributed by atoms with E-state index in [9.17, 15) is 18.0 Å². The van der Waals surface area contributed by atoms with Crippen LogP contribution in [-0.4, -0.2) is 38.8 Å². The van der Waals surface area contributed by atoms with Crippen molar-refractivity contribution in [3.8, 4) is 0 Å². The Bertz CT molecular complexity index is 511. The first-order valence-electron chi connectivity index (χ1n) is 6.75. The second-order valence-electron chi connectivity index (χ2n) is 4.73. The molecule has 0 atom stereocenters. The van der Waals surface area contributed by atoms with Crippen molar-refractivity contribution in [2.75, 3.05) is 37.7 Å². The van der Waals surface area contributed by atoms with Crippen LogP contribution in [0, 0.1) is 0 Å². The summed E-state index contributed by atoms with van der Waals surface area (Å²) in [4.78, 5) is 13.6. The van der Waals surface area contributed by atoms with Gasteiger partial charge in [-0.1, -0.05) is 0 Å². The zero-order valence-corrected chi connectivity index (χ0v) is 11.7. The number of hydrogen-bond donors (Lipinski definition) is 1. The Morgan fingerprint density at radius 1 is 1.29 bits per heavy atom. The Hall–Kier alpha value is -1.76. The maximum atomic E-state index is 13.0. The van der Waals surface area contributed by atoms with Gasteiger partial charge < -0.3 is 15.0 Å². The Kier molecular flexibility index (Phi) is 4.72. The van der Waals surface area contributed by atoms with Crippen molar-refractivity contribution in [1.29, 1.82) is 0 Å². The predicted molar refractivity (Wildman–Crippen MR) is 72.5 cm³/mol. The number of anilines is 1. The lowest BCUT2D eigenvalue weighted by Gasteiger charge is -2.29. The van der Waals surface area contributed by atoms with Gasteiger partial charge in [0.1, 0.15) is 0 Å². The Balaban J connectivity index is 2.39. The lowest BCUT2D eigenvalue weighted by atomic mass is 10.1. The van der Waals surface area contributed by atoms with Gasteiger partial charge in [0.05, 0.1) is 18.8 Å². The third-order valence-electron chi connectivity index (χ3n) is 3.22. The first kappa shape index (κ1) is 15.6. The number of halogens is 3. The van der Waals surface area contributed by atoms with Gasteiger partial charge in [-0.15, -0.1) is 0 Å². The number of hydrogen-bond acceptors (Lipinski definition) is 3. The molecule has 0 aliphatic carbocycles. The van der Waals surface area contributed by atoms with Crippen molar-refractivity contribution in [3.63, 3.8) is 0 Å². The summed E-state index contributed by atoms with van der Waals surface area (Å²) in [6, 6.07) is 3.45. The molecule has 1 aliphatic heterocycles. The molecule has 1 heterocycles. The van der Waals surface area contributed by atoms with E-state index in [1.807, 2.05) is 0 Å². The Morgan fingerprint density at radius 3 is 2.52 bits per heavy atom. The summed E-state index contributed by atoms with van der Waals surface area (Å²) in [6.45, 7) is 4.03. The van der Waals surface area contributed by atoms with Crippen molar-refractivity contribution in [3.05, 3.63) is 29.3 Å². The standard InChI is InChI=1S/C14H17F3N2O2/c1-2-18-13(20)10-7-11(14(15,16)17)9-12(8-10)19-3-5-21-6-4-19/h7-9H,2-6H2,1H3,(H,18,20). The molecule has 4 nitrogen and oxygen atoms in total. The number of carbonyl (C=O) groups excluding carboxylic acids is 1. The molecule has 0 unspecified atom stereocenters. The highest BCUT2D eigenvalue weighted by Gasteiger charge is 2.32. The number of benzene rings is 1. The lowest BCUT2D eigenvalue weighted by Crippen LogP contribution is -2.36. The number of nitrogens with zero attached hydrogens (tertiary/aromatic N) is 1. The fourth-order valence-corrected chi connectivity index (χ4v) is 2.17. The highest BCUT2D eigenvalue weighted by atomic mass is 19.4. The van der Waals surface area contributed by atoms with Crippen molar-refractivity contribution < 1.29 is 22.7 Å². The highest BCUT2D eigenvalue weighted by Crippen LogP contribution is 2.33. The van der Waals surface area contributed by atoms with Gasteiger partial charge in [0.25, 0.3) is 5.91 Å². The van der Waals surface area contributed by atoms with Crippen molar-refractivity contribution >= 4 is 11.6 Å². The van der Waals surface area contributed by atoms with Crippen LogP contribution >= 0.6 is 0 Å². The van der Waals surface area contributed by atoms with E-state index in [1.165, 1.54) is 6.07 Å². The summed E-state index contributed by atoms with van der Waals surface area (Å²) in [5.74, 6) is -0.502. The SMILES string of the molecule is CCNC(=O)c1cc(N2CCOCC2)cc(C(F)(F)F)c1. The molecule has 1 aliphatic rings. The van der Waals surface area contributed by atoms with Crippen LogP contribution < -0.4 is 10.2 Å². The molecule has 0 saturated carbocycles. The Morgan fingerprint density at radius 2 is 1.95 bits per heavy atom. The number of carbonyl (C=O) groups is 1. The zero-order chi connectivity index (χ0) is 15.5. The second kappa shape index (κ2) is 6.34. The van der Waals surface area contributed by atoms with Gasteiger partial charge in [-0.2, -0.15) is 13.2 Å². The molecule has 1 amide bonds. The minimum atomic E-state index is -4.48. The van der Waals surface area contributed by atoms with Gasteiger partial charge in [0.2, 0.25) is 0 Å². The number of nitrogens with one attached hydrogen (secondary N) is 1. The van der Waals surface area contributed by atoms with E-state index < -0.39 is 17.6 Å². The van der Waals surface area contributed by atoms with E-state index in [1.54, 1.807) is 11.8 Å². The fourth-order valence-electron chi connectivity index (χ4n) is 2.17. The number of morpholine rings is 1. The summed E-state index contributed by atoms with van der Waals surface area (Å²) in [5, 5.41) is 2.52. The van der Waals surface area contributed by atoms with Crippen LogP contribution in [0.2, 0.25) is 0 Å². The third-order valence-corrected chi connectivity index (χ3v) is 3.22. The van der Waals surface area contributed by atoms with Crippen LogP contribution in [0.3, 0.4) is 0 Å². The first-order chi connectivity index (χ1) is 9.91. The smallest absolute Gasteiger partial charge is 0.378 e. The number of ether oxygens (including phenoxy) is 1. The molecule has 1 aromatic carbocycles. The van der Waals surface area contributed by atoms with Gasteiger partial charge in [0, 0.05) is 30.9 Å². The molecule has 1 aromatic rings. The second-order valence-corrected chi connectivity index (χ2v) is 4.73. The van der Waals surface area contributed by atoms with Gasteiger partial charge >= 0.3 is 6.18 Å². The van der Waals surface area contributed by atoms with Gasteiger partial charge in [0.15, 0.2) is 0 Å². The molecule has 21 heavy (non-hydrogen) atoms. The highest BCUT2D eigenvalue weighted by molar-refractivity contribution is 5.95. The van der Waals surface area contributed by atoms with Crippen LogP contribution in [0.25, 0.3) is 0 Å². The summed E-state index contributed by atoms with van der Waals surface area (Å²) in [6.07, 6.45) is -4.48. The topological polar surface area (TPSA) is 41.6 Å². The molecule has 0 aromatic heterocycles. The molecular formula is C14H17F3N2O2. The minimum absolute atomic E-state index is 0.0215. The van der Waals surface area contributed by atoms with Crippen molar-refractivity contribution in [2.24, 2.45) is 0 Å². The maximum absolute atomic E-state index is 13.0. The lowest BCUT2D eigenvalue weighted by molar-refractivity contribution is -0.137. The van der Waals surface area contributed by atoms with E-state index in [0.29, 0.717) is 38.5 Å². The molecule has 2 rings (SSSR count). The molecule has 116 valence electrons. The van der Waals surface area contributed by atoms with Crippen LogP contribution in [0.1, 0.15) is 22.8 Å². The zero-order valence-electron chi connectivity index (χ0n) is 11.7. The molecule has 1 N–H and O–H groups in total. The summed E-state index contributed by atoms with van der Waals surface area (Å²) in [5.41, 5.74) is -0.393. The number of alkyl halides is 3. The van der Waals surface area contributed by atoms with Crippen LogP contribution in [0.5, 0.6) is 0 Å². The van der Waals surface area contributed by atoms with Crippen molar-refractivity contribution in [1.82, 2.24) is 5.32 Å². The molecule has 0 radical (unpaired) electrons. The van der Waals surface area contributed by atoms with E-state index in [0.717, 1.165) is 12.1 Å². The monoisotopic (exact) mass is 302 g/mol. The molecular weight excluding hydrogens is 285 g/mol. The average Bonchev–Trinajstić information content (AvgIpc) is 2.47. The molecule has 0 bridgehead atoms. The van der Waals surface area contributed by atoms with Crippen LogP contribution in [0.4, 0.5) is 18.9 Å². The molecule has 1 fully saturated rings. The average molecular weight is 302 g/mol. The molecule has 1 saturated heterocycles. The van der Waals surface area contributed by atoms with E-state index >= 15 is 0 Å². The van der Waals surface area contributed by atoms with Gasteiger partial charge in [-0.25, -0.2) is 0 Å². The van der Waals surface area contributed by atoms with Gasteiger partial charge in [-0.05, 0) is 25.1 Å². The largest absolute Gasteiger partial charge is 0.416 e. The first-order valence-corrected chi connectivity index (χ1v) is 6.75. The quantitative estimate of drug-likeness (QED) is 0.931. The number of amides is 1. The summed E-state index contributed by atoms with van der Waals surface area (Å²) >= 11 is 0. The van der Waals surface area contributed by atoms with E-state index in [-0.39, 0.29) is 5.56 Å². The number of rotatable bonds is 3. The van der Waals surface area contributed by atoms with Crippen LogP contribution in [0.15, 0.2) is 18.2 Å².